The second-order valence-electron chi connectivity index (χ2n) is 3.71. The van der Waals surface area contributed by atoms with E-state index >= 15 is 0 Å². The first-order chi connectivity index (χ1) is 8.94. The van der Waals surface area contributed by atoms with Crippen LogP contribution in [0.25, 0.3) is 0 Å². The lowest BCUT2D eigenvalue weighted by Crippen LogP contribution is -2.16. The molecule has 0 aliphatic rings. The highest BCUT2D eigenvalue weighted by atomic mass is 32.2. The van der Waals surface area contributed by atoms with Crippen LogP contribution in [-0.2, 0) is 16.6 Å². The summed E-state index contributed by atoms with van der Waals surface area (Å²) in [4.78, 5) is -0.352. The van der Waals surface area contributed by atoms with Crippen molar-refractivity contribution in [2.45, 2.75) is 18.4 Å². The van der Waals surface area contributed by atoms with Crippen LogP contribution in [0.4, 0.5) is 14.6 Å². The molecule has 0 atom stereocenters. The number of aryl methyl sites for hydroxylation is 1. The van der Waals surface area contributed by atoms with Crippen molar-refractivity contribution in [3.63, 3.8) is 0 Å². The fourth-order valence-electron chi connectivity index (χ4n) is 1.51. The lowest BCUT2D eigenvalue weighted by Gasteiger charge is -2.09. The fourth-order valence-corrected chi connectivity index (χ4v) is 2.58. The smallest absolute Gasteiger partial charge is 0.263 e. The minimum Gasteiger partial charge on any atom is -0.264 e. The van der Waals surface area contributed by atoms with E-state index in [0.717, 1.165) is 12.1 Å². The van der Waals surface area contributed by atoms with E-state index in [-0.39, 0.29) is 10.7 Å². The number of sulfonamides is 1. The van der Waals surface area contributed by atoms with Gasteiger partial charge in [0.15, 0.2) is 11.6 Å². The van der Waals surface area contributed by atoms with E-state index in [1.807, 2.05) is 0 Å². The summed E-state index contributed by atoms with van der Waals surface area (Å²) in [5.74, 6) is -2.06. The highest BCUT2D eigenvalue weighted by molar-refractivity contribution is 7.92. The number of aromatic nitrogens is 2. The Morgan fingerprint density at radius 1 is 1.26 bits per heavy atom. The van der Waals surface area contributed by atoms with Crippen molar-refractivity contribution in [3.8, 4) is 0 Å². The summed E-state index contributed by atoms with van der Waals surface area (Å²) in [6.45, 7) is 2.27. The van der Waals surface area contributed by atoms with Crippen LogP contribution >= 0.6 is 0 Å². The van der Waals surface area contributed by atoms with Gasteiger partial charge in [-0.2, -0.15) is 5.10 Å². The number of rotatable bonds is 4. The van der Waals surface area contributed by atoms with Crippen molar-refractivity contribution in [2.75, 3.05) is 4.72 Å². The van der Waals surface area contributed by atoms with Crippen molar-refractivity contribution in [2.24, 2.45) is 0 Å². The van der Waals surface area contributed by atoms with Crippen molar-refractivity contribution < 1.29 is 17.2 Å². The Kier molecular flexibility index (Phi) is 3.52. The third kappa shape index (κ3) is 2.73. The van der Waals surface area contributed by atoms with Crippen molar-refractivity contribution in [1.29, 1.82) is 0 Å². The lowest BCUT2D eigenvalue weighted by molar-refractivity contribution is 0.504. The fraction of sp³-hybridized carbons (Fsp3) is 0.182. The van der Waals surface area contributed by atoms with Gasteiger partial charge in [0, 0.05) is 12.6 Å². The molecule has 1 aromatic heterocycles. The van der Waals surface area contributed by atoms with E-state index in [1.54, 1.807) is 6.92 Å². The molecule has 0 bridgehead atoms. The number of halogens is 2. The Bertz CT molecular complexity index is 698. The van der Waals surface area contributed by atoms with Gasteiger partial charge in [-0.1, -0.05) is 0 Å². The number of hydrogen-bond acceptors (Lipinski definition) is 3. The summed E-state index contributed by atoms with van der Waals surface area (Å²) >= 11 is 0. The molecule has 0 aliphatic heterocycles. The Balaban J connectivity index is 2.35. The van der Waals surface area contributed by atoms with Crippen molar-refractivity contribution >= 4 is 15.8 Å². The van der Waals surface area contributed by atoms with E-state index in [2.05, 4.69) is 9.82 Å². The summed E-state index contributed by atoms with van der Waals surface area (Å²) < 4.78 is 53.5. The topological polar surface area (TPSA) is 64.0 Å². The second kappa shape index (κ2) is 4.96. The highest BCUT2D eigenvalue weighted by Crippen LogP contribution is 2.17. The second-order valence-corrected chi connectivity index (χ2v) is 5.40. The molecule has 8 heteroatoms. The molecule has 19 heavy (non-hydrogen) atoms. The molecule has 1 aromatic carbocycles. The van der Waals surface area contributed by atoms with Crippen LogP contribution in [0.3, 0.4) is 0 Å². The molecule has 102 valence electrons. The van der Waals surface area contributed by atoms with Gasteiger partial charge in [-0.05, 0) is 25.1 Å². The first kappa shape index (κ1) is 13.5. The Hall–Kier alpha value is -1.96. The maximum Gasteiger partial charge on any atom is 0.263 e. The lowest BCUT2D eigenvalue weighted by atomic mass is 10.3. The molecular weight excluding hydrogens is 276 g/mol. The van der Waals surface area contributed by atoms with E-state index in [0.29, 0.717) is 12.6 Å². The average Bonchev–Trinajstić information content (AvgIpc) is 2.79. The zero-order valence-electron chi connectivity index (χ0n) is 9.97. The van der Waals surface area contributed by atoms with Gasteiger partial charge >= 0.3 is 0 Å². The van der Waals surface area contributed by atoms with Gasteiger partial charge in [0.2, 0.25) is 0 Å². The Morgan fingerprint density at radius 2 is 2.00 bits per heavy atom. The summed E-state index contributed by atoms with van der Waals surface area (Å²) in [6.07, 6.45) is 1.44. The molecule has 0 amide bonds. The zero-order valence-corrected chi connectivity index (χ0v) is 10.8. The number of anilines is 1. The van der Waals surface area contributed by atoms with Gasteiger partial charge in [-0.15, -0.1) is 0 Å². The Labute approximate surface area is 108 Å². The largest absolute Gasteiger partial charge is 0.264 e. The van der Waals surface area contributed by atoms with Crippen LogP contribution in [0.2, 0.25) is 0 Å². The number of nitrogens with zero attached hydrogens (tertiary/aromatic N) is 2. The quantitative estimate of drug-likeness (QED) is 0.935. The molecule has 0 aliphatic carbocycles. The minimum absolute atomic E-state index is 0.257. The summed E-state index contributed by atoms with van der Waals surface area (Å²) in [5.41, 5.74) is 0. The van der Waals surface area contributed by atoms with Crippen LogP contribution in [0, 0.1) is 11.6 Å². The number of nitrogens with one attached hydrogen (secondary N) is 1. The van der Waals surface area contributed by atoms with Crippen LogP contribution in [0.15, 0.2) is 35.4 Å². The predicted octanol–water partition coefficient (Wildman–Crippen LogP) is 1.98. The van der Waals surface area contributed by atoms with E-state index in [4.69, 9.17) is 0 Å². The first-order valence-corrected chi connectivity index (χ1v) is 6.92. The maximum atomic E-state index is 13.0. The maximum absolute atomic E-state index is 13.0. The highest BCUT2D eigenvalue weighted by Gasteiger charge is 2.18. The summed E-state index contributed by atoms with van der Waals surface area (Å²) in [5, 5.41) is 3.90. The molecular formula is C11H11F2N3O2S. The average molecular weight is 287 g/mol. The first-order valence-electron chi connectivity index (χ1n) is 5.43. The zero-order chi connectivity index (χ0) is 14.0. The van der Waals surface area contributed by atoms with Gasteiger partial charge in [0.1, 0.15) is 5.82 Å². The minimum atomic E-state index is -3.97. The van der Waals surface area contributed by atoms with E-state index in [1.165, 1.54) is 16.9 Å². The molecule has 1 N–H and O–H groups in total. The van der Waals surface area contributed by atoms with Crippen LogP contribution < -0.4 is 4.72 Å². The molecule has 0 saturated carbocycles. The molecule has 5 nitrogen and oxygen atoms in total. The molecule has 0 unspecified atom stereocenters. The SMILES string of the molecule is CCn1nccc1NS(=O)(=O)c1ccc(F)c(F)c1. The predicted molar refractivity (Wildman–Crippen MR) is 65.1 cm³/mol. The van der Waals surface area contributed by atoms with E-state index < -0.39 is 21.7 Å². The third-order valence-corrected chi connectivity index (χ3v) is 3.81. The van der Waals surface area contributed by atoms with Crippen molar-refractivity contribution in [3.05, 3.63) is 42.1 Å². The molecule has 2 rings (SSSR count). The monoisotopic (exact) mass is 287 g/mol. The molecule has 0 fully saturated rings. The van der Waals surface area contributed by atoms with Crippen molar-refractivity contribution in [1.82, 2.24) is 9.78 Å². The molecule has 0 radical (unpaired) electrons. The van der Waals surface area contributed by atoms with Gasteiger partial charge in [-0.25, -0.2) is 21.9 Å². The van der Waals surface area contributed by atoms with Gasteiger partial charge in [0.05, 0.1) is 11.1 Å². The number of benzene rings is 1. The van der Waals surface area contributed by atoms with Crippen LogP contribution in [0.5, 0.6) is 0 Å². The van der Waals surface area contributed by atoms with Crippen LogP contribution in [0.1, 0.15) is 6.92 Å². The van der Waals surface area contributed by atoms with Crippen LogP contribution in [-0.4, -0.2) is 18.2 Å². The van der Waals surface area contributed by atoms with Gasteiger partial charge < -0.3 is 0 Å². The van der Waals surface area contributed by atoms with Gasteiger partial charge in [-0.3, -0.25) is 4.72 Å². The van der Waals surface area contributed by atoms with E-state index in [9.17, 15) is 17.2 Å². The molecule has 1 heterocycles. The molecule has 0 spiro atoms. The third-order valence-electron chi connectivity index (χ3n) is 2.46. The standard InChI is InChI=1S/C11H11F2N3O2S/c1-2-16-11(5-6-14-16)15-19(17,18)8-3-4-9(12)10(13)7-8/h3-7,15H,2H2,1H3. The van der Waals surface area contributed by atoms with Gasteiger partial charge in [0.25, 0.3) is 10.0 Å². The normalized spacial score (nSPS) is 11.5. The summed E-state index contributed by atoms with van der Waals surface area (Å²) in [6, 6.07) is 3.86. The molecule has 2 aromatic rings. The number of hydrogen-bond donors (Lipinski definition) is 1. The molecule has 0 saturated heterocycles. The Morgan fingerprint density at radius 3 is 2.63 bits per heavy atom. The summed E-state index contributed by atoms with van der Waals surface area (Å²) in [7, 11) is -3.97.